The molecule has 0 aliphatic heterocycles. The van der Waals surface area contributed by atoms with E-state index in [9.17, 15) is 22.0 Å². The molecule has 0 bridgehead atoms. The molecular weight excluding hydrogens is 263 g/mol. The van der Waals surface area contributed by atoms with Crippen molar-refractivity contribution in [2.75, 3.05) is 0 Å². The first-order valence-corrected chi connectivity index (χ1v) is 5.33. The van der Waals surface area contributed by atoms with Gasteiger partial charge in [-0.05, 0) is 11.8 Å². The highest BCUT2D eigenvalue weighted by Crippen LogP contribution is 2.63. The lowest BCUT2D eigenvalue weighted by Crippen LogP contribution is -2.14. The van der Waals surface area contributed by atoms with Gasteiger partial charge >= 0.3 is 0 Å². The number of alkyl halides is 1. The summed E-state index contributed by atoms with van der Waals surface area (Å²) in [5.41, 5.74) is -0.921. The molecule has 1 fully saturated rings. The molecule has 2 rings (SSSR count). The van der Waals surface area contributed by atoms with Crippen LogP contribution in [0.15, 0.2) is 0 Å². The molecule has 0 nitrogen and oxygen atoms in total. The van der Waals surface area contributed by atoms with Crippen LogP contribution in [0.3, 0.4) is 0 Å². The predicted molar refractivity (Wildman–Crippen MR) is 52.1 cm³/mol. The highest BCUT2D eigenvalue weighted by Gasteiger charge is 2.62. The predicted octanol–water partition coefficient (Wildman–Crippen LogP) is 4.10. The molecule has 0 spiro atoms. The molecule has 94 valence electrons. The minimum Gasteiger partial charge on any atom is -0.203 e. The number of hydrogen-bond donors (Lipinski definition) is 0. The summed E-state index contributed by atoms with van der Waals surface area (Å²) in [5.74, 6) is -10.4. The van der Waals surface area contributed by atoms with E-state index in [0.29, 0.717) is 0 Å². The Balaban J connectivity index is 2.72. The Morgan fingerprint density at radius 2 is 1.06 bits per heavy atom. The van der Waals surface area contributed by atoms with Gasteiger partial charge in [0.15, 0.2) is 23.3 Å². The topological polar surface area (TPSA) is 0 Å². The number of hydrogen-bond acceptors (Lipinski definition) is 0. The van der Waals surface area contributed by atoms with Crippen LogP contribution in [0.2, 0.25) is 0 Å². The number of halogens is 6. The van der Waals surface area contributed by atoms with Crippen LogP contribution in [0.5, 0.6) is 0 Å². The first kappa shape index (κ1) is 12.6. The standard InChI is InChI=1S/C11H8ClF5/c1-3-4(2)11(3,12)5-6(13)8(15)10(17)9(16)7(5)14/h3-4H,1-2H3. The maximum Gasteiger partial charge on any atom is 0.200 e. The molecule has 0 saturated heterocycles. The Bertz CT molecular complexity index is 462. The van der Waals surface area contributed by atoms with Crippen molar-refractivity contribution in [1.82, 2.24) is 0 Å². The first-order valence-electron chi connectivity index (χ1n) is 4.95. The van der Waals surface area contributed by atoms with E-state index in [2.05, 4.69) is 0 Å². The molecule has 6 heteroatoms. The summed E-state index contributed by atoms with van der Waals surface area (Å²) in [5, 5.41) is 0. The van der Waals surface area contributed by atoms with Gasteiger partial charge in [0.25, 0.3) is 0 Å². The van der Waals surface area contributed by atoms with E-state index in [1.807, 2.05) is 0 Å². The monoisotopic (exact) mass is 270 g/mol. The van der Waals surface area contributed by atoms with Crippen molar-refractivity contribution in [3.8, 4) is 0 Å². The summed E-state index contributed by atoms with van der Waals surface area (Å²) in [4.78, 5) is -1.51. The molecule has 17 heavy (non-hydrogen) atoms. The smallest absolute Gasteiger partial charge is 0.200 e. The third kappa shape index (κ3) is 1.41. The van der Waals surface area contributed by atoms with Gasteiger partial charge in [0.05, 0.1) is 10.4 Å². The molecule has 0 amide bonds. The van der Waals surface area contributed by atoms with Gasteiger partial charge in [-0.2, -0.15) is 0 Å². The lowest BCUT2D eigenvalue weighted by molar-refractivity contribution is 0.366. The van der Waals surface area contributed by atoms with E-state index >= 15 is 0 Å². The van der Waals surface area contributed by atoms with Crippen LogP contribution < -0.4 is 0 Å². The fraction of sp³-hybridized carbons (Fsp3) is 0.455. The average molecular weight is 271 g/mol. The van der Waals surface area contributed by atoms with Crippen LogP contribution in [0.1, 0.15) is 19.4 Å². The normalized spacial score (nSPS) is 31.8. The van der Waals surface area contributed by atoms with Crippen molar-refractivity contribution < 1.29 is 22.0 Å². The van der Waals surface area contributed by atoms with E-state index in [1.54, 1.807) is 13.8 Å². The van der Waals surface area contributed by atoms with Crippen molar-refractivity contribution >= 4 is 11.6 Å². The lowest BCUT2D eigenvalue weighted by atomic mass is 10.1. The van der Waals surface area contributed by atoms with Crippen LogP contribution in [-0.2, 0) is 4.87 Å². The highest BCUT2D eigenvalue weighted by molar-refractivity contribution is 6.26. The SMILES string of the molecule is CC1C(C)C1(Cl)c1c(F)c(F)c(F)c(F)c1F. The van der Waals surface area contributed by atoms with Crippen molar-refractivity contribution in [1.29, 1.82) is 0 Å². The fourth-order valence-electron chi connectivity index (χ4n) is 2.12. The van der Waals surface area contributed by atoms with Crippen molar-refractivity contribution in [3.05, 3.63) is 34.6 Å². The molecule has 2 atom stereocenters. The van der Waals surface area contributed by atoms with Crippen molar-refractivity contribution in [2.45, 2.75) is 18.7 Å². The Kier molecular flexibility index (Phi) is 2.65. The molecule has 1 aromatic rings. The van der Waals surface area contributed by atoms with Crippen LogP contribution in [0.4, 0.5) is 22.0 Å². The Morgan fingerprint density at radius 1 is 0.765 bits per heavy atom. The van der Waals surface area contributed by atoms with Crippen molar-refractivity contribution in [2.24, 2.45) is 11.8 Å². The quantitative estimate of drug-likeness (QED) is 0.312. The Morgan fingerprint density at radius 3 is 1.35 bits per heavy atom. The third-order valence-corrected chi connectivity index (χ3v) is 4.44. The van der Waals surface area contributed by atoms with Gasteiger partial charge in [0.1, 0.15) is 0 Å². The Labute approximate surface area is 99.4 Å². The average Bonchev–Trinajstić information content (AvgIpc) is 2.76. The number of benzene rings is 1. The molecular formula is C11H8ClF5. The zero-order chi connectivity index (χ0) is 13.1. The second-order valence-electron chi connectivity index (χ2n) is 4.29. The highest BCUT2D eigenvalue weighted by atomic mass is 35.5. The van der Waals surface area contributed by atoms with Crippen LogP contribution in [-0.4, -0.2) is 0 Å². The van der Waals surface area contributed by atoms with E-state index < -0.39 is 39.5 Å². The summed E-state index contributed by atoms with van der Waals surface area (Å²) >= 11 is 5.94. The zero-order valence-corrected chi connectivity index (χ0v) is 9.68. The van der Waals surface area contributed by atoms with Crippen molar-refractivity contribution in [3.63, 3.8) is 0 Å². The summed E-state index contributed by atoms with van der Waals surface area (Å²) in [7, 11) is 0. The molecule has 1 saturated carbocycles. The summed E-state index contributed by atoms with van der Waals surface area (Å²) in [6, 6.07) is 0. The van der Waals surface area contributed by atoms with E-state index in [1.165, 1.54) is 0 Å². The third-order valence-electron chi connectivity index (χ3n) is 3.56. The molecule has 0 heterocycles. The maximum atomic E-state index is 13.5. The van der Waals surface area contributed by atoms with Gasteiger partial charge in [-0.3, -0.25) is 0 Å². The van der Waals surface area contributed by atoms with Gasteiger partial charge in [0, 0.05) is 0 Å². The first-order chi connectivity index (χ1) is 7.74. The summed E-state index contributed by atoms with van der Waals surface area (Å²) in [6.07, 6.45) is 0. The van der Waals surface area contributed by atoms with Gasteiger partial charge in [-0.15, -0.1) is 11.6 Å². The molecule has 0 aromatic heterocycles. The Hall–Kier alpha value is -0.840. The molecule has 0 radical (unpaired) electrons. The van der Waals surface area contributed by atoms with E-state index in [0.717, 1.165) is 0 Å². The van der Waals surface area contributed by atoms with Gasteiger partial charge < -0.3 is 0 Å². The minimum atomic E-state index is -2.16. The van der Waals surface area contributed by atoms with Crippen LogP contribution in [0.25, 0.3) is 0 Å². The summed E-state index contributed by atoms with van der Waals surface area (Å²) in [6.45, 7) is 3.19. The van der Waals surface area contributed by atoms with Gasteiger partial charge in [-0.1, -0.05) is 13.8 Å². The molecule has 1 aliphatic carbocycles. The second-order valence-corrected chi connectivity index (χ2v) is 4.92. The molecule has 2 unspecified atom stereocenters. The largest absolute Gasteiger partial charge is 0.203 e. The molecule has 0 N–H and O–H groups in total. The van der Waals surface area contributed by atoms with Crippen LogP contribution in [0, 0.1) is 40.9 Å². The lowest BCUT2D eigenvalue weighted by Gasteiger charge is -2.13. The van der Waals surface area contributed by atoms with Gasteiger partial charge in [0.2, 0.25) is 5.82 Å². The second kappa shape index (κ2) is 3.57. The van der Waals surface area contributed by atoms with E-state index in [-0.39, 0.29) is 11.8 Å². The molecule has 1 aromatic carbocycles. The van der Waals surface area contributed by atoms with E-state index in [4.69, 9.17) is 11.6 Å². The molecule has 1 aliphatic rings. The minimum absolute atomic E-state index is 0.350. The maximum absolute atomic E-state index is 13.5. The van der Waals surface area contributed by atoms with Gasteiger partial charge in [-0.25, -0.2) is 22.0 Å². The van der Waals surface area contributed by atoms with Crippen LogP contribution >= 0.6 is 11.6 Å². The fourth-order valence-corrected chi connectivity index (χ4v) is 2.60. The zero-order valence-electron chi connectivity index (χ0n) is 8.92. The summed E-state index contributed by atoms with van der Waals surface area (Å²) < 4.78 is 65.8. The number of rotatable bonds is 1.